The molecule has 1 aromatic heterocycles. The van der Waals surface area contributed by atoms with Gasteiger partial charge in [0.25, 0.3) is 0 Å². The zero-order valence-corrected chi connectivity index (χ0v) is 11.7. The predicted octanol–water partition coefficient (Wildman–Crippen LogP) is 2.18. The summed E-state index contributed by atoms with van der Waals surface area (Å²) < 4.78 is 0. The number of rotatable bonds is 7. The van der Waals surface area contributed by atoms with Gasteiger partial charge in [0.1, 0.15) is 5.82 Å². The maximum atomic E-state index is 9.96. The molecule has 0 spiro atoms. The van der Waals surface area contributed by atoms with Crippen molar-refractivity contribution in [3.8, 4) is 0 Å². The average molecular weight is 252 g/mol. The summed E-state index contributed by atoms with van der Waals surface area (Å²) in [5, 5.41) is 16.3. The second kappa shape index (κ2) is 6.54. The average Bonchev–Trinajstić information content (AvgIpc) is 2.36. The highest BCUT2D eigenvalue weighted by Crippen LogP contribution is 2.15. The number of hydrogen-bond donors (Lipinski definition) is 3. The molecular formula is C13H24N4O. The van der Waals surface area contributed by atoms with Crippen LogP contribution in [-0.4, -0.2) is 33.8 Å². The molecule has 5 heteroatoms. The van der Waals surface area contributed by atoms with Crippen LogP contribution in [0.1, 0.15) is 39.2 Å². The van der Waals surface area contributed by atoms with Crippen LogP contribution in [0.4, 0.5) is 11.8 Å². The van der Waals surface area contributed by atoms with Crippen molar-refractivity contribution in [2.75, 3.05) is 23.7 Å². The molecule has 1 unspecified atom stereocenters. The fourth-order valence-electron chi connectivity index (χ4n) is 1.34. The van der Waals surface area contributed by atoms with Crippen LogP contribution in [0.15, 0.2) is 6.20 Å². The molecule has 18 heavy (non-hydrogen) atoms. The van der Waals surface area contributed by atoms with E-state index in [0.717, 1.165) is 24.3 Å². The van der Waals surface area contributed by atoms with Crippen molar-refractivity contribution in [1.82, 2.24) is 9.97 Å². The van der Waals surface area contributed by atoms with Crippen molar-refractivity contribution in [3.05, 3.63) is 11.8 Å². The third kappa shape index (κ3) is 4.49. The van der Waals surface area contributed by atoms with E-state index in [1.807, 2.05) is 20.8 Å². The number of nitrogens with zero attached hydrogens (tertiary/aromatic N) is 2. The van der Waals surface area contributed by atoms with Gasteiger partial charge in [-0.1, -0.05) is 13.8 Å². The smallest absolute Gasteiger partial charge is 0.224 e. The van der Waals surface area contributed by atoms with Crippen LogP contribution in [0.25, 0.3) is 0 Å². The van der Waals surface area contributed by atoms with Crippen molar-refractivity contribution in [2.24, 2.45) is 0 Å². The molecule has 0 aliphatic heterocycles. The molecule has 0 fully saturated rings. The summed E-state index contributed by atoms with van der Waals surface area (Å²) in [6, 6.07) is 0. The zero-order valence-electron chi connectivity index (χ0n) is 11.7. The Bertz CT molecular complexity index is 379. The molecule has 102 valence electrons. The van der Waals surface area contributed by atoms with E-state index < -0.39 is 5.60 Å². The van der Waals surface area contributed by atoms with E-state index in [9.17, 15) is 5.11 Å². The Morgan fingerprint density at radius 2 is 2.06 bits per heavy atom. The number of aliphatic hydroxyl groups is 1. The van der Waals surface area contributed by atoms with Gasteiger partial charge in [0.05, 0.1) is 5.60 Å². The maximum absolute atomic E-state index is 9.96. The van der Waals surface area contributed by atoms with Crippen LogP contribution in [0.2, 0.25) is 0 Å². The van der Waals surface area contributed by atoms with Crippen LogP contribution in [0.3, 0.4) is 0 Å². The van der Waals surface area contributed by atoms with Crippen LogP contribution in [0.5, 0.6) is 0 Å². The largest absolute Gasteiger partial charge is 0.388 e. The van der Waals surface area contributed by atoms with Gasteiger partial charge in [0.2, 0.25) is 5.95 Å². The highest BCUT2D eigenvalue weighted by atomic mass is 16.3. The Morgan fingerprint density at radius 3 is 2.67 bits per heavy atom. The van der Waals surface area contributed by atoms with E-state index in [0.29, 0.717) is 18.9 Å². The van der Waals surface area contributed by atoms with Gasteiger partial charge >= 0.3 is 0 Å². The Morgan fingerprint density at radius 1 is 1.33 bits per heavy atom. The molecule has 0 bridgehead atoms. The molecule has 0 aliphatic rings. The van der Waals surface area contributed by atoms with Gasteiger partial charge in [-0.3, -0.25) is 0 Å². The molecule has 1 aromatic rings. The first kappa shape index (κ1) is 14.7. The van der Waals surface area contributed by atoms with Gasteiger partial charge in [-0.2, -0.15) is 4.98 Å². The SMILES string of the molecule is CCCNc1ncc(C)c(NCC(C)(O)CC)n1. The number of aromatic nitrogens is 2. The lowest BCUT2D eigenvalue weighted by molar-refractivity contribution is 0.0696. The van der Waals surface area contributed by atoms with E-state index in [-0.39, 0.29) is 0 Å². The van der Waals surface area contributed by atoms with E-state index in [1.54, 1.807) is 6.20 Å². The fourth-order valence-corrected chi connectivity index (χ4v) is 1.34. The fraction of sp³-hybridized carbons (Fsp3) is 0.692. The van der Waals surface area contributed by atoms with Crippen LogP contribution in [0, 0.1) is 6.92 Å². The molecule has 0 amide bonds. The predicted molar refractivity (Wildman–Crippen MR) is 75.0 cm³/mol. The molecule has 0 saturated heterocycles. The van der Waals surface area contributed by atoms with Crippen LogP contribution in [-0.2, 0) is 0 Å². The van der Waals surface area contributed by atoms with Crippen molar-refractivity contribution >= 4 is 11.8 Å². The molecular weight excluding hydrogens is 228 g/mol. The molecule has 1 heterocycles. The lowest BCUT2D eigenvalue weighted by Crippen LogP contribution is -2.32. The first-order chi connectivity index (χ1) is 8.48. The molecule has 0 saturated carbocycles. The Balaban J connectivity index is 2.69. The molecule has 3 N–H and O–H groups in total. The van der Waals surface area contributed by atoms with Gasteiger partial charge < -0.3 is 15.7 Å². The van der Waals surface area contributed by atoms with Crippen LogP contribution < -0.4 is 10.6 Å². The Kier molecular flexibility index (Phi) is 5.34. The zero-order chi connectivity index (χ0) is 13.6. The number of nitrogens with one attached hydrogen (secondary N) is 2. The summed E-state index contributed by atoms with van der Waals surface area (Å²) in [5.41, 5.74) is 0.262. The maximum Gasteiger partial charge on any atom is 0.224 e. The molecule has 0 aliphatic carbocycles. The van der Waals surface area contributed by atoms with Gasteiger partial charge in [0, 0.05) is 24.8 Å². The van der Waals surface area contributed by atoms with Crippen molar-refractivity contribution in [1.29, 1.82) is 0 Å². The Labute approximate surface area is 109 Å². The summed E-state index contributed by atoms with van der Waals surface area (Å²) in [7, 11) is 0. The topological polar surface area (TPSA) is 70.1 Å². The summed E-state index contributed by atoms with van der Waals surface area (Å²) in [5.74, 6) is 1.40. The molecule has 1 atom stereocenters. The van der Waals surface area contributed by atoms with E-state index >= 15 is 0 Å². The molecule has 0 aromatic carbocycles. The second-order valence-corrected chi connectivity index (χ2v) is 4.86. The van der Waals surface area contributed by atoms with Gasteiger partial charge in [-0.05, 0) is 26.7 Å². The first-order valence-electron chi connectivity index (χ1n) is 6.52. The quantitative estimate of drug-likeness (QED) is 0.694. The third-order valence-electron chi connectivity index (χ3n) is 2.90. The van der Waals surface area contributed by atoms with E-state index in [1.165, 1.54) is 0 Å². The Hall–Kier alpha value is -1.36. The van der Waals surface area contributed by atoms with Crippen molar-refractivity contribution < 1.29 is 5.11 Å². The number of hydrogen-bond acceptors (Lipinski definition) is 5. The van der Waals surface area contributed by atoms with Crippen LogP contribution >= 0.6 is 0 Å². The summed E-state index contributed by atoms with van der Waals surface area (Å²) >= 11 is 0. The van der Waals surface area contributed by atoms with Gasteiger partial charge in [0.15, 0.2) is 0 Å². The van der Waals surface area contributed by atoms with E-state index in [2.05, 4.69) is 27.5 Å². The highest BCUT2D eigenvalue weighted by Gasteiger charge is 2.17. The number of anilines is 2. The summed E-state index contributed by atoms with van der Waals surface area (Å²) in [6.07, 6.45) is 3.52. The summed E-state index contributed by atoms with van der Waals surface area (Å²) in [4.78, 5) is 8.62. The minimum atomic E-state index is -0.714. The minimum absolute atomic E-state index is 0.481. The number of aryl methyl sites for hydroxylation is 1. The third-order valence-corrected chi connectivity index (χ3v) is 2.90. The first-order valence-corrected chi connectivity index (χ1v) is 6.52. The lowest BCUT2D eigenvalue weighted by Gasteiger charge is -2.22. The lowest BCUT2D eigenvalue weighted by atomic mass is 10.0. The van der Waals surface area contributed by atoms with Gasteiger partial charge in [-0.15, -0.1) is 0 Å². The molecule has 1 rings (SSSR count). The standard InChI is InChI=1S/C13H24N4O/c1-5-7-14-12-15-8-10(3)11(17-12)16-9-13(4,18)6-2/h8,18H,5-7,9H2,1-4H3,(H2,14,15,16,17). The second-order valence-electron chi connectivity index (χ2n) is 4.86. The monoisotopic (exact) mass is 252 g/mol. The highest BCUT2D eigenvalue weighted by molar-refractivity contribution is 5.46. The van der Waals surface area contributed by atoms with Crippen molar-refractivity contribution in [3.63, 3.8) is 0 Å². The summed E-state index contributed by atoms with van der Waals surface area (Å²) in [6.45, 7) is 9.16. The van der Waals surface area contributed by atoms with Crippen molar-refractivity contribution in [2.45, 2.75) is 46.1 Å². The molecule has 0 radical (unpaired) electrons. The minimum Gasteiger partial charge on any atom is -0.388 e. The normalized spacial score (nSPS) is 14.1. The molecule has 5 nitrogen and oxygen atoms in total. The van der Waals surface area contributed by atoms with Gasteiger partial charge in [-0.25, -0.2) is 4.98 Å². The van der Waals surface area contributed by atoms with E-state index in [4.69, 9.17) is 0 Å².